The van der Waals surface area contributed by atoms with Crippen LogP contribution in [-0.2, 0) is 9.47 Å². The molecule has 1 aromatic rings. The number of rotatable bonds is 4. The molecule has 0 unspecified atom stereocenters. The second-order valence-corrected chi connectivity index (χ2v) is 4.14. The average Bonchev–Trinajstić information content (AvgIpc) is 2.38. The summed E-state index contributed by atoms with van der Waals surface area (Å²) in [5, 5.41) is 9.14. The Morgan fingerprint density at radius 2 is 1.94 bits per heavy atom. The first-order valence-corrected chi connectivity index (χ1v) is 5.99. The van der Waals surface area contributed by atoms with Crippen LogP contribution in [0.15, 0.2) is 30.3 Å². The average molecular weight is 234 g/mol. The van der Waals surface area contributed by atoms with Gasteiger partial charge in [0.05, 0.1) is 12.7 Å². The number of phenols is 1. The molecule has 1 saturated heterocycles. The van der Waals surface area contributed by atoms with E-state index in [0.717, 1.165) is 31.6 Å². The van der Waals surface area contributed by atoms with Gasteiger partial charge in [0, 0.05) is 13.2 Å². The van der Waals surface area contributed by atoms with Gasteiger partial charge in [0.15, 0.2) is 0 Å². The van der Waals surface area contributed by atoms with Crippen LogP contribution in [0.5, 0.6) is 5.75 Å². The number of aromatic hydroxyl groups is 1. The van der Waals surface area contributed by atoms with Gasteiger partial charge in [-0.05, 0) is 30.5 Å². The molecule has 3 nitrogen and oxygen atoms in total. The first-order chi connectivity index (χ1) is 8.34. The van der Waals surface area contributed by atoms with Crippen molar-refractivity contribution in [3.8, 4) is 5.75 Å². The summed E-state index contributed by atoms with van der Waals surface area (Å²) in [7, 11) is 0. The van der Waals surface area contributed by atoms with Crippen molar-refractivity contribution in [2.45, 2.75) is 18.9 Å². The fourth-order valence-electron chi connectivity index (χ4n) is 1.80. The second-order valence-electron chi connectivity index (χ2n) is 4.14. The van der Waals surface area contributed by atoms with Crippen molar-refractivity contribution < 1.29 is 14.6 Å². The van der Waals surface area contributed by atoms with Gasteiger partial charge >= 0.3 is 0 Å². The quantitative estimate of drug-likeness (QED) is 0.870. The molecule has 0 radical (unpaired) electrons. The van der Waals surface area contributed by atoms with Crippen molar-refractivity contribution in [2.75, 3.05) is 19.8 Å². The molecule has 92 valence electrons. The highest BCUT2D eigenvalue weighted by atomic mass is 16.5. The van der Waals surface area contributed by atoms with Crippen LogP contribution in [-0.4, -0.2) is 31.0 Å². The highest BCUT2D eigenvalue weighted by molar-refractivity contribution is 5.50. The van der Waals surface area contributed by atoms with Crippen LogP contribution >= 0.6 is 0 Å². The Kier molecular flexibility index (Phi) is 4.59. The molecule has 0 aromatic heterocycles. The summed E-state index contributed by atoms with van der Waals surface area (Å²) in [6, 6.07) is 7.11. The fraction of sp³-hybridized carbons (Fsp3) is 0.429. The molecular weight excluding hydrogens is 216 g/mol. The molecule has 1 aliphatic rings. The molecule has 17 heavy (non-hydrogen) atoms. The zero-order valence-electron chi connectivity index (χ0n) is 9.84. The molecule has 1 aliphatic heterocycles. The lowest BCUT2D eigenvalue weighted by atomic mass is 10.1. The standard InChI is InChI=1S/C14H18O3/c15-13-5-3-12(4-6-13)2-1-9-17-14-7-10-16-11-8-14/h1-6,14-15H,7-11H2. The molecule has 0 bridgehead atoms. The lowest BCUT2D eigenvalue weighted by molar-refractivity contribution is -0.0220. The third-order valence-corrected chi connectivity index (χ3v) is 2.80. The van der Waals surface area contributed by atoms with Crippen molar-refractivity contribution in [2.24, 2.45) is 0 Å². The zero-order valence-corrected chi connectivity index (χ0v) is 9.84. The molecule has 0 amide bonds. The minimum atomic E-state index is 0.292. The van der Waals surface area contributed by atoms with Gasteiger partial charge in [-0.2, -0.15) is 0 Å². The van der Waals surface area contributed by atoms with E-state index in [9.17, 15) is 0 Å². The Bertz CT molecular complexity index is 350. The van der Waals surface area contributed by atoms with Gasteiger partial charge in [0.25, 0.3) is 0 Å². The molecule has 0 aliphatic carbocycles. The molecular formula is C14H18O3. The van der Waals surface area contributed by atoms with Gasteiger partial charge in [-0.15, -0.1) is 0 Å². The van der Waals surface area contributed by atoms with Gasteiger partial charge in [-0.3, -0.25) is 0 Å². The summed E-state index contributed by atoms with van der Waals surface area (Å²) in [6.45, 7) is 2.25. The highest BCUT2D eigenvalue weighted by Gasteiger charge is 2.12. The summed E-state index contributed by atoms with van der Waals surface area (Å²) in [5.74, 6) is 0.292. The molecule has 2 rings (SSSR count). The molecule has 1 aromatic carbocycles. The van der Waals surface area contributed by atoms with Crippen molar-refractivity contribution in [3.63, 3.8) is 0 Å². The largest absolute Gasteiger partial charge is 0.508 e. The van der Waals surface area contributed by atoms with Crippen LogP contribution < -0.4 is 0 Å². The molecule has 1 heterocycles. The summed E-state index contributed by atoms with van der Waals surface area (Å²) >= 11 is 0. The number of ether oxygens (including phenoxy) is 2. The monoisotopic (exact) mass is 234 g/mol. The van der Waals surface area contributed by atoms with Crippen LogP contribution in [0.25, 0.3) is 6.08 Å². The summed E-state index contributed by atoms with van der Waals surface area (Å²) in [5.41, 5.74) is 1.07. The van der Waals surface area contributed by atoms with Gasteiger partial charge in [-0.25, -0.2) is 0 Å². The van der Waals surface area contributed by atoms with E-state index in [-0.39, 0.29) is 0 Å². The maximum Gasteiger partial charge on any atom is 0.115 e. The maximum absolute atomic E-state index is 9.14. The Morgan fingerprint density at radius 3 is 2.65 bits per heavy atom. The number of hydrogen-bond donors (Lipinski definition) is 1. The lowest BCUT2D eigenvalue weighted by Crippen LogP contribution is -2.23. The smallest absolute Gasteiger partial charge is 0.115 e. The summed E-state index contributed by atoms with van der Waals surface area (Å²) in [4.78, 5) is 0. The van der Waals surface area contributed by atoms with Crippen molar-refractivity contribution in [3.05, 3.63) is 35.9 Å². The van der Waals surface area contributed by atoms with E-state index < -0.39 is 0 Å². The van der Waals surface area contributed by atoms with E-state index in [2.05, 4.69) is 0 Å². The highest BCUT2D eigenvalue weighted by Crippen LogP contribution is 2.12. The molecule has 1 fully saturated rings. The minimum Gasteiger partial charge on any atom is -0.508 e. The number of benzene rings is 1. The Hall–Kier alpha value is -1.32. The maximum atomic E-state index is 9.14. The van der Waals surface area contributed by atoms with E-state index in [4.69, 9.17) is 14.6 Å². The van der Waals surface area contributed by atoms with Gasteiger partial charge in [-0.1, -0.05) is 24.3 Å². The zero-order chi connectivity index (χ0) is 11.9. The van der Waals surface area contributed by atoms with Gasteiger partial charge < -0.3 is 14.6 Å². The topological polar surface area (TPSA) is 38.7 Å². The predicted octanol–water partition coefficient (Wildman–Crippen LogP) is 2.60. The Balaban J connectivity index is 1.72. The Morgan fingerprint density at radius 1 is 1.24 bits per heavy atom. The van der Waals surface area contributed by atoms with Gasteiger partial charge in [0.1, 0.15) is 5.75 Å². The summed E-state index contributed by atoms with van der Waals surface area (Å²) in [6.07, 6.45) is 6.33. The van der Waals surface area contributed by atoms with E-state index in [1.807, 2.05) is 24.3 Å². The summed E-state index contributed by atoms with van der Waals surface area (Å²) < 4.78 is 11.0. The molecule has 0 atom stereocenters. The minimum absolute atomic E-state index is 0.292. The number of phenolic OH excluding ortho intramolecular Hbond substituents is 1. The van der Waals surface area contributed by atoms with E-state index in [0.29, 0.717) is 18.5 Å². The normalized spacial score (nSPS) is 17.6. The first-order valence-electron chi connectivity index (χ1n) is 5.99. The second kappa shape index (κ2) is 6.42. The van der Waals surface area contributed by atoms with E-state index in [1.165, 1.54) is 0 Å². The number of hydrogen-bond acceptors (Lipinski definition) is 3. The van der Waals surface area contributed by atoms with Crippen molar-refractivity contribution in [1.82, 2.24) is 0 Å². The molecule has 1 N–H and O–H groups in total. The lowest BCUT2D eigenvalue weighted by Gasteiger charge is -2.21. The van der Waals surface area contributed by atoms with Crippen LogP contribution in [0, 0.1) is 0 Å². The SMILES string of the molecule is Oc1ccc(C=CCOC2CCOCC2)cc1. The third kappa shape index (κ3) is 4.21. The molecule has 0 saturated carbocycles. The van der Waals surface area contributed by atoms with Crippen LogP contribution in [0.2, 0.25) is 0 Å². The third-order valence-electron chi connectivity index (χ3n) is 2.80. The fourth-order valence-corrected chi connectivity index (χ4v) is 1.80. The van der Waals surface area contributed by atoms with Crippen LogP contribution in [0.3, 0.4) is 0 Å². The van der Waals surface area contributed by atoms with Crippen LogP contribution in [0.4, 0.5) is 0 Å². The molecule has 0 spiro atoms. The van der Waals surface area contributed by atoms with Crippen molar-refractivity contribution in [1.29, 1.82) is 0 Å². The van der Waals surface area contributed by atoms with E-state index >= 15 is 0 Å². The Labute approximate surface area is 102 Å². The predicted molar refractivity (Wildman–Crippen MR) is 66.9 cm³/mol. The van der Waals surface area contributed by atoms with Crippen LogP contribution in [0.1, 0.15) is 18.4 Å². The van der Waals surface area contributed by atoms with Crippen molar-refractivity contribution >= 4 is 6.08 Å². The molecule has 3 heteroatoms. The van der Waals surface area contributed by atoms with Gasteiger partial charge in [0.2, 0.25) is 0 Å². The first kappa shape index (κ1) is 12.1. The van der Waals surface area contributed by atoms with E-state index in [1.54, 1.807) is 12.1 Å².